The molecule has 0 radical (unpaired) electrons. The van der Waals surface area contributed by atoms with Gasteiger partial charge in [-0.1, -0.05) is 18.2 Å². The molecule has 1 heterocycles. The van der Waals surface area contributed by atoms with Crippen molar-refractivity contribution in [3.8, 4) is 11.5 Å². The topological polar surface area (TPSA) is 35.9 Å². The smallest absolute Gasteiger partial charge is 0.127 e. The van der Waals surface area contributed by atoms with E-state index in [2.05, 4.69) is 60.0 Å². The monoisotopic (exact) mass is 354 g/mol. The lowest BCUT2D eigenvalue weighted by atomic mass is 10.1. The van der Waals surface area contributed by atoms with Crippen molar-refractivity contribution >= 4 is 0 Å². The standard InChI is InChI=1S/C22H30N2O2/c1-18-4-7-22(16-19(18)2)26-21-8-5-20(6-9-21)17-24-13-11-23(12-14-24)10-3-15-25/h4-9,16,25H,3,10-15,17H2,1-2H3. The van der Waals surface area contributed by atoms with Gasteiger partial charge in [0.2, 0.25) is 0 Å². The zero-order valence-corrected chi connectivity index (χ0v) is 15.9. The van der Waals surface area contributed by atoms with Crippen LogP contribution in [0, 0.1) is 13.8 Å². The van der Waals surface area contributed by atoms with Gasteiger partial charge >= 0.3 is 0 Å². The Morgan fingerprint density at radius 1 is 0.846 bits per heavy atom. The minimum atomic E-state index is 0.288. The number of aryl methyl sites for hydroxylation is 2. The second-order valence-corrected chi connectivity index (χ2v) is 7.19. The van der Waals surface area contributed by atoms with Gasteiger partial charge in [0.15, 0.2) is 0 Å². The Bertz CT molecular complexity index is 692. The van der Waals surface area contributed by atoms with Gasteiger partial charge < -0.3 is 14.7 Å². The third kappa shape index (κ3) is 5.31. The summed E-state index contributed by atoms with van der Waals surface area (Å²) in [5.74, 6) is 1.77. The predicted octanol–water partition coefficient (Wildman–Crippen LogP) is 3.60. The normalized spacial score (nSPS) is 16.0. The molecule has 140 valence electrons. The van der Waals surface area contributed by atoms with Gasteiger partial charge in [0.05, 0.1) is 0 Å². The van der Waals surface area contributed by atoms with Gasteiger partial charge in [0.1, 0.15) is 11.5 Å². The number of nitrogens with zero attached hydrogens (tertiary/aromatic N) is 2. The van der Waals surface area contributed by atoms with Crippen LogP contribution in [0.15, 0.2) is 42.5 Å². The predicted molar refractivity (Wildman–Crippen MR) is 106 cm³/mol. The van der Waals surface area contributed by atoms with E-state index in [0.717, 1.165) is 57.2 Å². The largest absolute Gasteiger partial charge is 0.457 e. The number of hydrogen-bond donors (Lipinski definition) is 1. The molecule has 0 aromatic heterocycles. The Kier molecular flexibility index (Phi) is 6.67. The molecule has 26 heavy (non-hydrogen) atoms. The van der Waals surface area contributed by atoms with Crippen molar-refractivity contribution in [3.63, 3.8) is 0 Å². The molecule has 0 aliphatic carbocycles. The van der Waals surface area contributed by atoms with Crippen LogP contribution in [0.25, 0.3) is 0 Å². The summed E-state index contributed by atoms with van der Waals surface area (Å²) in [7, 11) is 0. The van der Waals surface area contributed by atoms with Crippen LogP contribution in [-0.4, -0.2) is 54.2 Å². The second kappa shape index (κ2) is 9.17. The molecule has 1 fully saturated rings. The summed E-state index contributed by atoms with van der Waals surface area (Å²) in [4.78, 5) is 4.93. The molecule has 1 aliphatic rings. The zero-order chi connectivity index (χ0) is 18.4. The summed E-state index contributed by atoms with van der Waals surface area (Å²) in [6, 6.07) is 14.6. The maximum Gasteiger partial charge on any atom is 0.127 e. The Morgan fingerprint density at radius 2 is 1.50 bits per heavy atom. The summed E-state index contributed by atoms with van der Waals surface area (Å²) < 4.78 is 5.97. The summed E-state index contributed by atoms with van der Waals surface area (Å²) in [5, 5.41) is 8.94. The number of piperazine rings is 1. The van der Waals surface area contributed by atoms with E-state index < -0.39 is 0 Å². The van der Waals surface area contributed by atoms with E-state index in [9.17, 15) is 0 Å². The molecular formula is C22H30N2O2. The van der Waals surface area contributed by atoms with Crippen LogP contribution in [0.3, 0.4) is 0 Å². The van der Waals surface area contributed by atoms with Crippen molar-refractivity contribution < 1.29 is 9.84 Å². The molecule has 1 N–H and O–H groups in total. The molecule has 4 heteroatoms. The van der Waals surface area contributed by atoms with Gasteiger partial charge in [-0.2, -0.15) is 0 Å². The SMILES string of the molecule is Cc1ccc(Oc2ccc(CN3CCN(CCCO)CC3)cc2)cc1C. The second-order valence-electron chi connectivity index (χ2n) is 7.19. The van der Waals surface area contributed by atoms with E-state index in [1.165, 1.54) is 16.7 Å². The first kappa shape index (κ1) is 18.9. The molecule has 0 atom stereocenters. The highest BCUT2D eigenvalue weighted by molar-refractivity contribution is 5.38. The molecule has 4 nitrogen and oxygen atoms in total. The highest BCUT2D eigenvalue weighted by atomic mass is 16.5. The Balaban J connectivity index is 1.49. The molecule has 0 saturated carbocycles. The number of rotatable bonds is 7. The number of ether oxygens (including phenoxy) is 1. The van der Waals surface area contributed by atoms with Gasteiger partial charge in [-0.05, 0) is 61.2 Å². The molecule has 3 rings (SSSR count). The van der Waals surface area contributed by atoms with Crippen LogP contribution in [0.5, 0.6) is 11.5 Å². The van der Waals surface area contributed by atoms with Crippen LogP contribution in [0.1, 0.15) is 23.1 Å². The molecule has 1 saturated heterocycles. The van der Waals surface area contributed by atoms with Crippen molar-refractivity contribution in [2.75, 3.05) is 39.3 Å². The van der Waals surface area contributed by atoms with Crippen molar-refractivity contribution in [1.29, 1.82) is 0 Å². The fourth-order valence-corrected chi connectivity index (χ4v) is 3.30. The van der Waals surface area contributed by atoms with Crippen LogP contribution < -0.4 is 4.74 Å². The molecule has 0 spiro atoms. The average Bonchev–Trinajstić information content (AvgIpc) is 2.66. The van der Waals surface area contributed by atoms with E-state index in [1.54, 1.807) is 0 Å². The average molecular weight is 354 g/mol. The highest BCUT2D eigenvalue weighted by Crippen LogP contribution is 2.24. The Morgan fingerprint density at radius 3 is 2.15 bits per heavy atom. The molecule has 0 amide bonds. The summed E-state index contributed by atoms with van der Waals surface area (Å²) in [6.45, 7) is 10.9. The first-order chi connectivity index (χ1) is 12.6. The van der Waals surface area contributed by atoms with Crippen molar-refractivity contribution in [2.24, 2.45) is 0 Å². The lowest BCUT2D eigenvalue weighted by molar-refractivity contribution is 0.120. The molecular weight excluding hydrogens is 324 g/mol. The van der Waals surface area contributed by atoms with Gasteiger partial charge in [0, 0.05) is 45.9 Å². The van der Waals surface area contributed by atoms with E-state index >= 15 is 0 Å². The fraction of sp³-hybridized carbons (Fsp3) is 0.455. The first-order valence-electron chi connectivity index (χ1n) is 9.53. The number of benzene rings is 2. The summed E-state index contributed by atoms with van der Waals surface area (Å²) >= 11 is 0. The van der Waals surface area contributed by atoms with Crippen molar-refractivity contribution in [1.82, 2.24) is 9.80 Å². The van der Waals surface area contributed by atoms with E-state index in [-0.39, 0.29) is 6.61 Å². The fourth-order valence-electron chi connectivity index (χ4n) is 3.30. The third-order valence-electron chi connectivity index (χ3n) is 5.14. The van der Waals surface area contributed by atoms with E-state index in [0.29, 0.717) is 0 Å². The maximum absolute atomic E-state index is 8.94. The molecule has 2 aromatic carbocycles. The van der Waals surface area contributed by atoms with Gasteiger partial charge in [-0.3, -0.25) is 4.90 Å². The summed E-state index contributed by atoms with van der Waals surface area (Å²) in [5.41, 5.74) is 3.85. The quantitative estimate of drug-likeness (QED) is 0.824. The highest BCUT2D eigenvalue weighted by Gasteiger charge is 2.16. The number of aliphatic hydroxyl groups excluding tert-OH is 1. The minimum Gasteiger partial charge on any atom is -0.457 e. The minimum absolute atomic E-state index is 0.288. The van der Waals surface area contributed by atoms with Gasteiger partial charge in [-0.15, -0.1) is 0 Å². The van der Waals surface area contributed by atoms with E-state index in [4.69, 9.17) is 9.84 Å². The van der Waals surface area contributed by atoms with Crippen LogP contribution in [0.4, 0.5) is 0 Å². The summed E-state index contributed by atoms with van der Waals surface area (Å²) in [6.07, 6.45) is 0.877. The van der Waals surface area contributed by atoms with Crippen molar-refractivity contribution in [2.45, 2.75) is 26.8 Å². The lowest BCUT2D eigenvalue weighted by Crippen LogP contribution is -2.46. The van der Waals surface area contributed by atoms with Gasteiger partial charge in [0.25, 0.3) is 0 Å². The van der Waals surface area contributed by atoms with Crippen LogP contribution in [-0.2, 0) is 6.54 Å². The number of aliphatic hydroxyl groups is 1. The number of hydrogen-bond acceptors (Lipinski definition) is 4. The third-order valence-corrected chi connectivity index (χ3v) is 5.14. The van der Waals surface area contributed by atoms with Gasteiger partial charge in [-0.25, -0.2) is 0 Å². The molecule has 1 aliphatic heterocycles. The Labute approximate surface area is 157 Å². The lowest BCUT2D eigenvalue weighted by Gasteiger charge is -2.34. The Hall–Kier alpha value is -1.88. The van der Waals surface area contributed by atoms with E-state index in [1.807, 2.05) is 6.07 Å². The first-order valence-corrected chi connectivity index (χ1v) is 9.53. The van der Waals surface area contributed by atoms with Crippen LogP contribution >= 0.6 is 0 Å². The van der Waals surface area contributed by atoms with Crippen molar-refractivity contribution in [3.05, 3.63) is 59.2 Å². The molecule has 0 unspecified atom stereocenters. The molecule has 0 bridgehead atoms. The molecule has 2 aromatic rings. The zero-order valence-electron chi connectivity index (χ0n) is 15.9. The van der Waals surface area contributed by atoms with Crippen LogP contribution in [0.2, 0.25) is 0 Å². The maximum atomic E-state index is 8.94.